The van der Waals surface area contributed by atoms with E-state index in [4.69, 9.17) is 10.5 Å². The number of hydrogen-bond acceptors (Lipinski definition) is 5. The minimum absolute atomic E-state index is 0.157. The monoisotopic (exact) mass is 333 g/mol. The van der Waals surface area contributed by atoms with E-state index in [2.05, 4.69) is 17.2 Å². The Morgan fingerprint density at radius 2 is 2.13 bits per heavy atom. The maximum Gasteiger partial charge on any atom is 0.270 e. The van der Waals surface area contributed by atoms with E-state index in [0.717, 1.165) is 22.7 Å². The molecule has 0 saturated carbocycles. The van der Waals surface area contributed by atoms with Crippen molar-refractivity contribution in [3.05, 3.63) is 35.3 Å². The van der Waals surface area contributed by atoms with Gasteiger partial charge in [-0.1, -0.05) is 13.8 Å². The molecule has 5 nitrogen and oxygen atoms in total. The van der Waals surface area contributed by atoms with Crippen molar-refractivity contribution >= 4 is 17.2 Å². The van der Waals surface area contributed by atoms with Crippen LogP contribution in [0.1, 0.15) is 30.8 Å². The van der Waals surface area contributed by atoms with Crippen molar-refractivity contribution in [3.63, 3.8) is 0 Å². The number of amides is 1. The topological polar surface area (TPSA) is 77.2 Å². The molecule has 6 heteroatoms. The predicted octanol–water partition coefficient (Wildman–Crippen LogP) is 2.92. The molecule has 1 amide bonds. The first-order valence-electron chi connectivity index (χ1n) is 7.81. The fraction of sp³-hybridized carbons (Fsp3) is 0.412. The summed E-state index contributed by atoms with van der Waals surface area (Å²) < 4.78 is 5.56. The van der Waals surface area contributed by atoms with Crippen molar-refractivity contribution in [2.75, 3.05) is 19.7 Å². The quantitative estimate of drug-likeness (QED) is 0.778. The number of thiazole rings is 1. The van der Waals surface area contributed by atoms with Gasteiger partial charge in [-0.2, -0.15) is 0 Å². The first-order chi connectivity index (χ1) is 11.1. The molecule has 23 heavy (non-hydrogen) atoms. The summed E-state index contributed by atoms with van der Waals surface area (Å²) in [6, 6.07) is 7.77. The molecule has 0 spiro atoms. The number of rotatable bonds is 8. The lowest BCUT2D eigenvalue weighted by Crippen LogP contribution is -2.31. The van der Waals surface area contributed by atoms with Gasteiger partial charge in [0.2, 0.25) is 0 Å². The molecule has 0 fully saturated rings. The molecule has 1 heterocycles. The number of benzene rings is 1. The summed E-state index contributed by atoms with van der Waals surface area (Å²) in [7, 11) is 0. The third-order valence-electron chi connectivity index (χ3n) is 3.32. The fourth-order valence-electron chi connectivity index (χ4n) is 1.87. The van der Waals surface area contributed by atoms with Crippen LogP contribution in [0.5, 0.6) is 5.75 Å². The van der Waals surface area contributed by atoms with Gasteiger partial charge in [0.1, 0.15) is 16.5 Å². The standard InChI is InChI=1S/C17H23N3O2S/c1-3-8-22-14-6-4-13(5-7-14)17-20-15(11-23-17)16(21)19-10-12(2)9-18/h4-7,11-12H,3,8-10,18H2,1-2H3,(H,19,21). The van der Waals surface area contributed by atoms with E-state index in [1.165, 1.54) is 11.3 Å². The number of aromatic nitrogens is 1. The Bertz CT molecular complexity index is 625. The Hall–Kier alpha value is -1.92. The van der Waals surface area contributed by atoms with Crippen LogP contribution in [0.2, 0.25) is 0 Å². The summed E-state index contributed by atoms with van der Waals surface area (Å²) in [4.78, 5) is 16.5. The number of nitrogens with one attached hydrogen (secondary N) is 1. The zero-order valence-corrected chi connectivity index (χ0v) is 14.4. The largest absolute Gasteiger partial charge is 0.494 e. The molecule has 2 aromatic rings. The van der Waals surface area contributed by atoms with Crippen LogP contribution in [0.15, 0.2) is 29.6 Å². The van der Waals surface area contributed by atoms with Crippen molar-refractivity contribution in [1.82, 2.24) is 10.3 Å². The molecular formula is C17H23N3O2S. The summed E-state index contributed by atoms with van der Waals surface area (Å²) in [5, 5.41) is 5.45. The Labute approximate surface area is 140 Å². The molecule has 0 aliphatic heterocycles. The van der Waals surface area contributed by atoms with Gasteiger partial charge in [0, 0.05) is 17.5 Å². The van der Waals surface area contributed by atoms with Gasteiger partial charge in [-0.15, -0.1) is 11.3 Å². The Balaban J connectivity index is 1.99. The number of ether oxygens (including phenoxy) is 1. The average molecular weight is 333 g/mol. The maximum atomic E-state index is 12.1. The molecule has 0 bridgehead atoms. The van der Waals surface area contributed by atoms with Crippen molar-refractivity contribution < 1.29 is 9.53 Å². The average Bonchev–Trinajstić information content (AvgIpc) is 3.08. The molecule has 0 aliphatic carbocycles. The summed E-state index contributed by atoms with van der Waals surface area (Å²) in [5.74, 6) is 0.948. The smallest absolute Gasteiger partial charge is 0.270 e. The third kappa shape index (κ3) is 5.04. The van der Waals surface area contributed by atoms with E-state index >= 15 is 0 Å². The number of nitrogens with two attached hydrogens (primary N) is 1. The highest BCUT2D eigenvalue weighted by molar-refractivity contribution is 7.13. The minimum Gasteiger partial charge on any atom is -0.494 e. The van der Waals surface area contributed by atoms with Crippen LogP contribution >= 0.6 is 11.3 Å². The number of nitrogens with zero attached hydrogens (tertiary/aromatic N) is 1. The second-order valence-electron chi connectivity index (χ2n) is 5.46. The highest BCUT2D eigenvalue weighted by atomic mass is 32.1. The normalized spacial score (nSPS) is 12.0. The Morgan fingerprint density at radius 1 is 1.39 bits per heavy atom. The van der Waals surface area contributed by atoms with Crippen LogP contribution in [0.25, 0.3) is 10.6 Å². The van der Waals surface area contributed by atoms with Crippen LogP contribution in [0.4, 0.5) is 0 Å². The van der Waals surface area contributed by atoms with Crippen molar-refractivity contribution in [2.45, 2.75) is 20.3 Å². The molecule has 0 saturated heterocycles. The van der Waals surface area contributed by atoms with Gasteiger partial charge in [-0.3, -0.25) is 4.79 Å². The van der Waals surface area contributed by atoms with Crippen LogP contribution in [-0.2, 0) is 0 Å². The molecule has 1 unspecified atom stereocenters. The first-order valence-corrected chi connectivity index (χ1v) is 8.69. The van der Waals surface area contributed by atoms with E-state index in [-0.39, 0.29) is 11.8 Å². The zero-order chi connectivity index (χ0) is 16.7. The summed E-state index contributed by atoms with van der Waals surface area (Å²) in [6.07, 6.45) is 0.982. The molecule has 124 valence electrons. The van der Waals surface area contributed by atoms with Gasteiger partial charge in [0.15, 0.2) is 0 Å². The van der Waals surface area contributed by atoms with Crippen LogP contribution in [0.3, 0.4) is 0 Å². The summed E-state index contributed by atoms with van der Waals surface area (Å²) in [6.45, 7) is 5.89. The van der Waals surface area contributed by atoms with Crippen LogP contribution in [-0.4, -0.2) is 30.6 Å². The lowest BCUT2D eigenvalue weighted by molar-refractivity contribution is 0.0944. The highest BCUT2D eigenvalue weighted by Gasteiger charge is 2.12. The van der Waals surface area contributed by atoms with Crippen molar-refractivity contribution in [1.29, 1.82) is 0 Å². The van der Waals surface area contributed by atoms with Gasteiger partial charge < -0.3 is 15.8 Å². The van der Waals surface area contributed by atoms with E-state index in [1.54, 1.807) is 5.38 Å². The highest BCUT2D eigenvalue weighted by Crippen LogP contribution is 2.25. The predicted molar refractivity (Wildman–Crippen MR) is 93.9 cm³/mol. The molecule has 0 aliphatic rings. The second-order valence-corrected chi connectivity index (χ2v) is 6.32. The van der Waals surface area contributed by atoms with Gasteiger partial charge in [0.25, 0.3) is 5.91 Å². The van der Waals surface area contributed by atoms with Gasteiger partial charge in [-0.25, -0.2) is 4.98 Å². The number of hydrogen-bond donors (Lipinski definition) is 2. The lowest BCUT2D eigenvalue weighted by atomic mass is 10.2. The molecule has 3 N–H and O–H groups in total. The van der Waals surface area contributed by atoms with E-state index < -0.39 is 0 Å². The lowest BCUT2D eigenvalue weighted by Gasteiger charge is -2.08. The SMILES string of the molecule is CCCOc1ccc(-c2nc(C(=O)NCC(C)CN)cs2)cc1. The maximum absolute atomic E-state index is 12.1. The molecule has 2 rings (SSSR count). The van der Waals surface area contributed by atoms with Gasteiger partial charge >= 0.3 is 0 Å². The molecule has 1 atom stereocenters. The van der Waals surface area contributed by atoms with E-state index in [0.29, 0.717) is 25.4 Å². The summed E-state index contributed by atoms with van der Waals surface area (Å²) in [5.41, 5.74) is 6.97. The number of carbonyl (C=O) groups is 1. The second kappa shape index (κ2) is 8.64. The van der Waals surface area contributed by atoms with Crippen LogP contribution in [0, 0.1) is 5.92 Å². The van der Waals surface area contributed by atoms with E-state index in [1.807, 2.05) is 31.2 Å². The molecular weight excluding hydrogens is 310 g/mol. The summed E-state index contributed by atoms with van der Waals surface area (Å²) >= 11 is 1.46. The van der Waals surface area contributed by atoms with Gasteiger partial charge in [-0.05, 0) is 43.1 Å². The third-order valence-corrected chi connectivity index (χ3v) is 4.22. The van der Waals surface area contributed by atoms with Crippen molar-refractivity contribution in [2.24, 2.45) is 11.7 Å². The minimum atomic E-state index is -0.157. The molecule has 0 radical (unpaired) electrons. The number of carbonyl (C=O) groups excluding carboxylic acids is 1. The zero-order valence-electron chi connectivity index (χ0n) is 13.5. The van der Waals surface area contributed by atoms with E-state index in [9.17, 15) is 4.79 Å². The molecule has 1 aromatic carbocycles. The Kier molecular flexibility index (Phi) is 6.55. The first kappa shape index (κ1) is 17.4. The Morgan fingerprint density at radius 3 is 2.78 bits per heavy atom. The van der Waals surface area contributed by atoms with Gasteiger partial charge in [0.05, 0.1) is 6.61 Å². The molecule has 1 aromatic heterocycles. The fourth-order valence-corrected chi connectivity index (χ4v) is 2.67. The van der Waals surface area contributed by atoms with Crippen LogP contribution < -0.4 is 15.8 Å². The van der Waals surface area contributed by atoms with Crippen molar-refractivity contribution in [3.8, 4) is 16.3 Å².